The summed E-state index contributed by atoms with van der Waals surface area (Å²) < 4.78 is 29.5. The Balaban J connectivity index is 0.000000200. The number of rotatable bonds is 11. The number of hydrogen-bond donors (Lipinski definition) is 0. The summed E-state index contributed by atoms with van der Waals surface area (Å²) in [7, 11) is 0.750. The second kappa shape index (κ2) is 26.6. The maximum absolute atomic E-state index is 13.4. The predicted octanol–water partition coefficient (Wildman–Crippen LogP) is 13.1. The van der Waals surface area contributed by atoms with Gasteiger partial charge in [0.2, 0.25) is 0 Å². The molecule has 0 bridgehead atoms. The first-order chi connectivity index (χ1) is 40.1. The summed E-state index contributed by atoms with van der Waals surface area (Å²) >= 11 is 0. The molecule has 12 aliphatic rings. The molecule has 482 valence electrons. The Morgan fingerprint density at radius 1 is 0.547 bits per heavy atom. The van der Waals surface area contributed by atoms with Crippen molar-refractivity contribution in [3.8, 4) is 0 Å². The summed E-state index contributed by atoms with van der Waals surface area (Å²) in [5, 5.41) is 8.25. The molecule has 0 N–H and O–H groups in total. The molecule has 11 heteroatoms. The Bertz CT molecular complexity index is 2430. The maximum Gasteiger partial charge on any atom is 1.00 e. The van der Waals surface area contributed by atoms with Crippen LogP contribution in [-0.2, 0) is 42.9 Å². The van der Waals surface area contributed by atoms with Crippen LogP contribution in [0.3, 0.4) is 0 Å². The van der Waals surface area contributed by atoms with Crippen LogP contribution in [0.5, 0.6) is 0 Å². The fourth-order valence-corrected chi connectivity index (χ4v) is 25.3. The van der Waals surface area contributed by atoms with E-state index >= 15 is 0 Å². The van der Waals surface area contributed by atoms with E-state index in [1.54, 1.807) is 6.92 Å². The zero-order chi connectivity index (χ0) is 62.0. The van der Waals surface area contributed by atoms with E-state index in [9.17, 15) is 19.2 Å². The number of ketones is 2. The first-order valence-corrected chi connectivity index (χ1v) is 34.9. The van der Waals surface area contributed by atoms with E-state index in [-0.39, 0.29) is 85.8 Å². The molecule has 2 saturated heterocycles. The molecule has 0 aromatic carbocycles. The van der Waals surface area contributed by atoms with Gasteiger partial charge in [0.05, 0.1) is 25.7 Å². The van der Waals surface area contributed by atoms with Crippen LogP contribution in [0.25, 0.3) is 0 Å². The van der Waals surface area contributed by atoms with Crippen LogP contribution >= 0.6 is 0 Å². The van der Waals surface area contributed by atoms with Gasteiger partial charge in [0.15, 0.2) is 12.6 Å². The van der Waals surface area contributed by atoms with Crippen LogP contribution in [0.1, 0.15) is 251 Å². The summed E-state index contributed by atoms with van der Waals surface area (Å²) in [5.41, 5.74) is 4.20. The zero-order valence-corrected chi connectivity index (χ0v) is 59.4. The number of hydrogen-bond acceptors (Lipinski definition) is 10. The van der Waals surface area contributed by atoms with Gasteiger partial charge in [-0.3, -0.25) is 14.4 Å². The molecule has 12 fully saturated rings. The summed E-state index contributed by atoms with van der Waals surface area (Å²) in [5.74, 6) is 6.40. The smallest absolute Gasteiger partial charge is 0.857 e. The van der Waals surface area contributed by atoms with E-state index in [4.69, 9.17) is 24.1 Å². The van der Waals surface area contributed by atoms with Crippen molar-refractivity contribution in [3.63, 3.8) is 0 Å². The van der Waals surface area contributed by atoms with Gasteiger partial charge in [-0.15, -0.1) is 0 Å². The van der Waals surface area contributed by atoms with Gasteiger partial charge in [-0.2, -0.15) is 7.11 Å². The number of carbonyl (C=O) groups is 4. The van der Waals surface area contributed by atoms with Gasteiger partial charge >= 0.3 is 29.6 Å². The third kappa shape index (κ3) is 11.5. The van der Waals surface area contributed by atoms with Crippen molar-refractivity contribution in [3.05, 3.63) is 24.3 Å². The van der Waals surface area contributed by atoms with Crippen LogP contribution in [0.2, 0.25) is 0 Å². The van der Waals surface area contributed by atoms with Crippen molar-refractivity contribution in [2.75, 3.05) is 40.1 Å². The Labute approximate surface area is 545 Å². The molecule has 10 saturated carbocycles. The largest absolute Gasteiger partial charge is 1.00 e. The van der Waals surface area contributed by atoms with Crippen molar-refractivity contribution in [2.24, 2.45) is 119 Å². The molecule has 0 aromatic rings. The molecule has 86 heavy (non-hydrogen) atoms. The quantitative estimate of drug-likeness (QED) is 0.0851. The zero-order valence-electron chi connectivity index (χ0n) is 57.4. The molecule has 2 aliphatic heterocycles. The second-order valence-corrected chi connectivity index (χ2v) is 33.5. The van der Waals surface area contributed by atoms with Gasteiger partial charge in [0.1, 0.15) is 17.9 Å². The van der Waals surface area contributed by atoms with E-state index < -0.39 is 11.3 Å². The van der Waals surface area contributed by atoms with Gasteiger partial charge in [-0.05, 0) is 277 Å². The van der Waals surface area contributed by atoms with Gasteiger partial charge < -0.3 is 33.6 Å². The Kier molecular flexibility index (Phi) is 21.9. The molecule has 0 amide bonds. The number of aldehydes is 1. The van der Waals surface area contributed by atoms with E-state index in [0.29, 0.717) is 77.0 Å². The van der Waals surface area contributed by atoms with Crippen LogP contribution in [0.15, 0.2) is 24.3 Å². The van der Waals surface area contributed by atoms with Crippen molar-refractivity contribution < 1.29 is 77.5 Å². The third-order valence-corrected chi connectivity index (χ3v) is 29.8. The van der Waals surface area contributed by atoms with Crippen molar-refractivity contribution in [1.29, 1.82) is 0 Å². The molecule has 12 rings (SSSR count). The number of carbonyl (C=O) groups excluding carboxylic acids is 4. The first-order valence-electron chi connectivity index (χ1n) is 34.9. The normalized spacial score (nSPS) is 47.4. The van der Waals surface area contributed by atoms with Crippen LogP contribution in [-0.4, -0.2) is 77.0 Å². The molecule has 2 heterocycles. The molecule has 0 spiro atoms. The first kappa shape index (κ1) is 70.6. The van der Waals surface area contributed by atoms with Crippen molar-refractivity contribution in [1.82, 2.24) is 0 Å². The molecule has 0 radical (unpaired) electrons. The standard InChI is InChI=1S/C36H56O4.C35H56O3.C3H6O2.CH3O.Na/c1-23(2)25-13-16-36(22-40-29-10-8-9-19-39-29)18-17-34(6)26(30(25)36)11-12-28-33(5)20-24(21-37)31(38)32(3,4)27(33)14-15-35(28,34)7;1-23(2)24-13-18-35(22-38-29-10-8-9-21-37-29)20-19-33(6)25(30(24)35)11-12-27-32(5)16-15-28(36)31(3,4)26(32)14-17-34(27,33)7;1-2-5-3-4;1-2;/h21,24-30H,1,8-20,22H2,2-7H3;24-27,29-30H,1,8-22H2,2-7H3;3H,2H2,1H3;1H3;/q;;;-1;+1/t24?,25?,26-,27+,28-,29?,30-,33+,34-,35-,36-;24-,25+,26-,27+,29?,30+,32-,33+,34+,35+;;;/m10.../s1. The molecule has 10 nitrogen and oxygen atoms in total. The average molecular weight is 1210 g/mol. The molecular formula is C75H121NaO10. The molecular weight excluding hydrogens is 1080 g/mol. The molecule has 4 unspecified atom stereocenters. The minimum Gasteiger partial charge on any atom is -0.857 e. The number of Topliss-reactive ketones (excluding diaryl/α,β-unsaturated/α-hetero) is 2. The summed E-state index contributed by atoms with van der Waals surface area (Å²) in [4.78, 5) is 47.8. The molecule has 0 aromatic heterocycles. The Hall–Kier alpha value is -1.24. The number of ether oxygens (including phenoxy) is 5. The fraction of sp³-hybridized carbons (Fsp3) is 0.893. The molecule has 10 aliphatic carbocycles. The van der Waals surface area contributed by atoms with Gasteiger partial charge in [-0.25, -0.2) is 0 Å². The second-order valence-electron chi connectivity index (χ2n) is 33.5. The van der Waals surface area contributed by atoms with Crippen molar-refractivity contribution in [2.45, 2.75) is 263 Å². The third-order valence-electron chi connectivity index (χ3n) is 29.8. The number of allylic oxidation sites excluding steroid dienone is 2. The molecule has 21 atom stereocenters. The van der Waals surface area contributed by atoms with E-state index in [0.717, 1.165) is 96.6 Å². The Morgan fingerprint density at radius 2 is 1.00 bits per heavy atom. The van der Waals surface area contributed by atoms with Crippen LogP contribution in [0, 0.1) is 119 Å². The van der Waals surface area contributed by atoms with Gasteiger partial charge in [0, 0.05) is 30.5 Å². The minimum atomic E-state index is -0.440. The van der Waals surface area contributed by atoms with E-state index in [2.05, 4.69) is 101 Å². The monoisotopic (exact) mass is 1200 g/mol. The van der Waals surface area contributed by atoms with Gasteiger partial charge in [-0.1, -0.05) is 93.5 Å². The summed E-state index contributed by atoms with van der Waals surface area (Å²) in [6, 6.07) is 0. The topological polar surface area (TPSA) is 137 Å². The fourth-order valence-electron chi connectivity index (χ4n) is 25.3. The predicted molar refractivity (Wildman–Crippen MR) is 336 cm³/mol. The number of fused-ring (bicyclic) bond motifs is 14. The minimum absolute atomic E-state index is 0. The SMILES string of the molecule is C=C(C)C1CC[C@]2(COC3CCCCO3)CC[C@]3(C)[C@H](CC[C@@H]4[C@@]5(C)CC(C=O)C(=O)C(C)(C)[C@@H]5CC[C@]43C)[C@@H]12.C=C(C)[C@@H]1CC[C@]2(COC3CCCCO3)CC[C@]3(C)[C@H](CC[C@@H]4[C@@]5(C)CCC(=O)C(C)(C)[C@@H]5CC[C@]43C)[C@@H]12.CCOC=O.C[O-].[Na+]. The van der Waals surface area contributed by atoms with Crippen molar-refractivity contribution >= 4 is 24.3 Å². The van der Waals surface area contributed by atoms with Crippen LogP contribution in [0.4, 0.5) is 0 Å². The summed E-state index contributed by atoms with van der Waals surface area (Å²) in [6.45, 7) is 44.4. The summed E-state index contributed by atoms with van der Waals surface area (Å²) in [6.07, 6.45) is 30.7. The van der Waals surface area contributed by atoms with E-state index in [1.165, 1.54) is 127 Å². The Morgan fingerprint density at radius 3 is 1.40 bits per heavy atom. The van der Waals surface area contributed by atoms with E-state index in [1.807, 2.05) is 0 Å². The van der Waals surface area contributed by atoms with Crippen LogP contribution < -0.4 is 34.7 Å². The van der Waals surface area contributed by atoms with Gasteiger partial charge in [0.25, 0.3) is 6.47 Å². The maximum atomic E-state index is 13.4. The average Bonchev–Trinajstić information content (AvgIpc) is 0.944.